The van der Waals surface area contributed by atoms with Crippen molar-refractivity contribution in [1.29, 1.82) is 0 Å². The molecule has 0 atom stereocenters. The van der Waals surface area contributed by atoms with E-state index < -0.39 is 11.8 Å². The molecule has 0 unspecified atom stereocenters. The molecule has 0 bridgehead atoms. The molecule has 20 heavy (non-hydrogen) atoms. The zero-order valence-electron chi connectivity index (χ0n) is 10.9. The van der Waals surface area contributed by atoms with E-state index >= 15 is 0 Å². The van der Waals surface area contributed by atoms with Gasteiger partial charge in [0.1, 0.15) is 5.52 Å². The van der Waals surface area contributed by atoms with Gasteiger partial charge in [0.15, 0.2) is 5.01 Å². The highest BCUT2D eigenvalue weighted by molar-refractivity contribution is 7.21. The Kier molecular flexibility index (Phi) is 3.70. The predicted octanol–water partition coefficient (Wildman–Crippen LogP) is -0.280. The van der Waals surface area contributed by atoms with Gasteiger partial charge in [-0.3, -0.25) is 9.59 Å². The fourth-order valence-corrected chi connectivity index (χ4v) is 2.70. The zero-order chi connectivity index (χ0) is 14.9. The number of primary amides is 2. The van der Waals surface area contributed by atoms with Crippen LogP contribution < -0.4 is 21.1 Å². The molecule has 2 heterocycles. The zero-order valence-corrected chi connectivity index (χ0v) is 11.7. The van der Waals surface area contributed by atoms with Crippen LogP contribution in [0.1, 0.15) is 9.80 Å². The smallest absolute Gasteiger partial charge is 0.277 e. The van der Waals surface area contributed by atoms with E-state index in [4.69, 9.17) is 16.2 Å². The van der Waals surface area contributed by atoms with Crippen molar-refractivity contribution >= 4 is 39.1 Å². The second-order valence-corrected chi connectivity index (χ2v) is 5.04. The largest absolute Gasteiger partial charge is 0.479 e. The van der Waals surface area contributed by atoms with Crippen molar-refractivity contribution in [3.8, 4) is 5.88 Å². The Balaban J connectivity index is 2.61. The number of thiazole rings is 1. The van der Waals surface area contributed by atoms with Crippen molar-refractivity contribution in [2.45, 2.75) is 0 Å². The van der Waals surface area contributed by atoms with Gasteiger partial charge < -0.3 is 21.1 Å². The summed E-state index contributed by atoms with van der Waals surface area (Å²) in [5.74, 6) is -0.812. The number of hydrogen-bond acceptors (Lipinski definition) is 7. The highest BCUT2D eigenvalue weighted by atomic mass is 32.1. The van der Waals surface area contributed by atoms with Crippen LogP contribution in [0.2, 0.25) is 0 Å². The molecule has 2 aromatic rings. The van der Waals surface area contributed by atoms with Gasteiger partial charge in [-0.05, 0) is 0 Å². The molecule has 0 aliphatic rings. The van der Waals surface area contributed by atoms with Crippen LogP contribution in [0, 0.1) is 0 Å². The number of rotatable bonds is 5. The fraction of sp³-hybridized carbons (Fsp3) is 0.273. The van der Waals surface area contributed by atoms with Gasteiger partial charge >= 0.3 is 0 Å². The van der Waals surface area contributed by atoms with E-state index in [1.807, 2.05) is 0 Å². The first-order valence-corrected chi connectivity index (χ1v) is 6.38. The summed E-state index contributed by atoms with van der Waals surface area (Å²) in [5, 5.41) is 0.153. The number of pyridine rings is 1. The molecule has 2 rings (SSSR count). The molecule has 2 aromatic heterocycles. The van der Waals surface area contributed by atoms with Crippen molar-refractivity contribution in [3.05, 3.63) is 11.2 Å². The minimum absolute atomic E-state index is 0.0207. The molecule has 0 aliphatic carbocycles. The van der Waals surface area contributed by atoms with E-state index in [0.29, 0.717) is 21.8 Å². The van der Waals surface area contributed by atoms with Crippen LogP contribution >= 0.6 is 11.3 Å². The summed E-state index contributed by atoms with van der Waals surface area (Å²) in [6.45, 7) is 0.0207. The van der Waals surface area contributed by atoms with Gasteiger partial charge in [0.2, 0.25) is 11.8 Å². The maximum absolute atomic E-state index is 11.3. The lowest BCUT2D eigenvalue weighted by atomic mass is 10.3. The quantitative estimate of drug-likeness (QED) is 0.781. The summed E-state index contributed by atoms with van der Waals surface area (Å²) < 4.78 is 5.77. The maximum Gasteiger partial charge on any atom is 0.277 e. The molecule has 4 N–H and O–H groups in total. The minimum Gasteiger partial charge on any atom is -0.479 e. The van der Waals surface area contributed by atoms with Crippen molar-refractivity contribution in [2.75, 3.05) is 25.6 Å². The number of nitrogens with two attached hydrogens (primary N) is 2. The monoisotopic (exact) mass is 295 g/mol. The summed E-state index contributed by atoms with van der Waals surface area (Å²) in [5.41, 5.74) is 11.5. The summed E-state index contributed by atoms with van der Waals surface area (Å²) in [6.07, 6.45) is 1.53. The molecule has 106 valence electrons. The van der Waals surface area contributed by atoms with Gasteiger partial charge in [0, 0.05) is 7.05 Å². The Morgan fingerprint density at radius 1 is 1.45 bits per heavy atom. The first-order valence-electron chi connectivity index (χ1n) is 5.56. The molecule has 0 fully saturated rings. The van der Waals surface area contributed by atoms with Gasteiger partial charge in [0.05, 0.1) is 30.2 Å². The van der Waals surface area contributed by atoms with E-state index in [0.717, 1.165) is 11.3 Å². The molecule has 9 heteroatoms. The molecular weight excluding hydrogens is 282 g/mol. The third kappa shape index (κ3) is 2.48. The second-order valence-electron chi connectivity index (χ2n) is 4.04. The third-order valence-corrected chi connectivity index (χ3v) is 3.67. The standard InChI is InChI=1S/C11H13N5O3S/c1-16(4-6(12)17)5-3-14-10(19-2)7-8(5)20-11(15-7)9(13)18/h3H,4H2,1-2H3,(H2,12,17)(H2,13,18). The Labute approximate surface area is 118 Å². The number of methoxy groups -OCH3 is 1. The van der Waals surface area contributed by atoms with Crippen LogP contribution in [-0.2, 0) is 4.79 Å². The Hall–Kier alpha value is -2.42. The van der Waals surface area contributed by atoms with E-state index in [1.165, 1.54) is 13.3 Å². The number of anilines is 1. The first kappa shape index (κ1) is 14.0. The van der Waals surface area contributed by atoms with Crippen molar-refractivity contribution in [3.63, 3.8) is 0 Å². The number of ether oxygens (including phenoxy) is 1. The minimum atomic E-state index is -0.628. The van der Waals surface area contributed by atoms with E-state index in [1.54, 1.807) is 11.9 Å². The molecule has 0 radical (unpaired) electrons. The molecule has 8 nitrogen and oxygen atoms in total. The van der Waals surface area contributed by atoms with Crippen LogP contribution in [0.5, 0.6) is 5.88 Å². The lowest BCUT2D eigenvalue weighted by molar-refractivity contribution is -0.116. The van der Waals surface area contributed by atoms with Crippen LogP contribution in [0.15, 0.2) is 6.20 Å². The second kappa shape index (κ2) is 5.29. The summed E-state index contributed by atoms with van der Waals surface area (Å²) in [7, 11) is 3.15. The highest BCUT2D eigenvalue weighted by Crippen LogP contribution is 2.35. The Morgan fingerprint density at radius 2 is 2.15 bits per heavy atom. The summed E-state index contributed by atoms with van der Waals surface area (Å²) >= 11 is 1.12. The van der Waals surface area contributed by atoms with Crippen molar-refractivity contribution in [2.24, 2.45) is 11.5 Å². The number of fused-ring (bicyclic) bond motifs is 1. The molecule has 2 amide bonds. The average molecular weight is 295 g/mol. The van der Waals surface area contributed by atoms with Gasteiger partial charge in [-0.25, -0.2) is 9.97 Å². The Bertz CT molecular complexity index is 684. The number of likely N-dealkylation sites (N-methyl/N-ethyl adjacent to an activating group) is 1. The van der Waals surface area contributed by atoms with E-state index in [-0.39, 0.29) is 11.6 Å². The molecule has 0 saturated carbocycles. The number of aromatic nitrogens is 2. The van der Waals surface area contributed by atoms with Crippen LogP contribution in [0.25, 0.3) is 10.2 Å². The highest BCUT2D eigenvalue weighted by Gasteiger charge is 2.19. The molecule has 0 saturated heterocycles. The maximum atomic E-state index is 11.3. The van der Waals surface area contributed by atoms with E-state index in [9.17, 15) is 9.59 Å². The van der Waals surface area contributed by atoms with Gasteiger partial charge in [-0.15, -0.1) is 11.3 Å². The van der Waals surface area contributed by atoms with Crippen LogP contribution in [-0.4, -0.2) is 42.5 Å². The van der Waals surface area contributed by atoms with Gasteiger partial charge in [-0.2, -0.15) is 0 Å². The van der Waals surface area contributed by atoms with E-state index in [2.05, 4.69) is 9.97 Å². The first-order chi connectivity index (χ1) is 9.43. The molecular formula is C11H13N5O3S. The van der Waals surface area contributed by atoms with Crippen LogP contribution in [0.3, 0.4) is 0 Å². The number of amides is 2. The van der Waals surface area contributed by atoms with Crippen LogP contribution in [0.4, 0.5) is 5.69 Å². The normalized spacial score (nSPS) is 10.5. The number of nitrogens with zero attached hydrogens (tertiary/aromatic N) is 3. The Morgan fingerprint density at radius 3 is 2.70 bits per heavy atom. The number of carbonyl (C=O) groups excluding carboxylic acids is 2. The summed E-state index contributed by atoms with van der Waals surface area (Å²) in [6, 6.07) is 0. The van der Waals surface area contributed by atoms with Gasteiger partial charge in [-0.1, -0.05) is 0 Å². The topological polar surface area (TPSA) is 124 Å². The number of carbonyl (C=O) groups is 2. The predicted molar refractivity (Wildman–Crippen MR) is 74.9 cm³/mol. The number of hydrogen-bond donors (Lipinski definition) is 2. The molecule has 0 aliphatic heterocycles. The molecule has 0 aromatic carbocycles. The fourth-order valence-electron chi connectivity index (χ4n) is 1.72. The average Bonchev–Trinajstić information content (AvgIpc) is 2.81. The van der Waals surface area contributed by atoms with Crippen molar-refractivity contribution in [1.82, 2.24) is 9.97 Å². The van der Waals surface area contributed by atoms with Gasteiger partial charge in [0.25, 0.3) is 5.91 Å². The lowest BCUT2D eigenvalue weighted by Gasteiger charge is -2.17. The lowest BCUT2D eigenvalue weighted by Crippen LogP contribution is -2.30. The summed E-state index contributed by atoms with van der Waals surface area (Å²) in [4.78, 5) is 32.1. The SMILES string of the molecule is COc1ncc(N(C)CC(N)=O)c2sc(C(N)=O)nc12. The van der Waals surface area contributed by atoms with Crippen molar-refractivity contribution < 1.29 is 14.3 Å². The molecule has 0 spiro atoms. The third-order valence-electron chi connectivity index (χ3n) is 2.57.